The number of hydrogen-bond donors (Lipinski definition) is 1. The fourth-order valence-electron chi connectivity index (χ4n) is 2.76. The molecule has 5 heteroatoms. The Morgan fingerprint density at radius 3 is 2.79 bits per heavy atom. The Hall–Kier alpha value is -0.870. The number of fused-ring (bicyclic) bond motifs is 3. The smallest absolute Gasteiger partial charge is 0.225 e. The Labute approximate surface area is 121 Å². The number of hydrogen-bond acceptors (Lipinski definition) is 4. The molecule has 1 saturated carbocycles. The molecule has 3 nitrogen and oxygen atoms in total. The second-order valence-corrected chi connectivity index (χ2v) is 6.94. The zero-order valence-electron chi connectivity index (χ0n) is 10.7. The zero-order valence-corrected chi connectivity index (χ0v) is 12.3. The largest absolute Gasteiger partial charge is 0.351 e. The Morgan fingerprint density at radius 2 is 1.95 bits per heavy atom. The van der Waals surface area contributed by atoms with Crippen LogP contribution < -0.4 is 5.32 Å². The summed E-state index contributed by atoms with van der Waals surface area (Å²) in [5.74, 6) is 0.705. The molecule has 1 fully saturated rings. The van der Waals surface area contributed by atoms with Crippen molar-refractivity contribution in [2.24, 2.45) is 0 Å². The SMILES string of the molecule is Clc1nc(NC2CC2)nc2sc3c(c12)CCCCC3. The van der Waals surface area contributed by atoms with Gasteiger partial charge in [0.15, 0.2) is 0 Å². The maximum absolute atomic E-state index is 6.41. The third kappa shape index (κ3) is 2.21. The quantitative estimate of drug-likeness (QED) is 0.666. The number of aromatic nitrogens is 2. The first kappa shape index (κ1) is 11.9. The molecule has 0 radical (unpaired) electrons. The maximum atomic E-state index is 6.41. The lowest BCUT2D eigenvalue weighted by Crippen LogP contribution is -2.05. The van der Waals surface area contributed by atoms with Gasteiger partial charge in [0.05, 0.1) is 5.39 Å². The monoisotopic (exact) mass is 293 g/mol. The molecule has 0 saturated heterocycles. The van der Waals surface area contributed by atoms with E-state index in [1.807, 2.05) is 11.3 Å². The summed E-state index contributed by atoms with van der Waals surface area (Å²) in [5.41, 5.74) is 1.42. The third-order valence-corrected chi connectivity index (χ3v) is 5.39. The van der Waals surface area contributed by atoms with Gasteiger partial charge in [-0.1, -0.05) is 18.0 Å². The zero-order chi connectivity index (χ0) is 12.8. The molecule has 0 unspecified atom stereocenters. The first-order valence-corrected chi connectivity index (χ1v) is 8.25. The maximum Gasteiger partial charge on any atom is 0.225 e. The van der Waals surface area contributed by atoms with Gasteiger partial charge in [-0.25, -0.2) is 9.97 Å². The van der Waals surface area contributed by atoms with Crippen LogP contribution in [-0.2, 0) is 12.8 Å². The van der Waals surface area contributed by atoms with E-state index in [4.69, 9.17) is 11.6 Å². The lowest BCUT2D eigenvalue weighted by Gasteiger charge is -2.04. The van der Waals surface area contributed by atoms with Gasteiger partial charge >= 0.3 is 0 Å². The van der Waals surface area contributed by atoms with Gasteiger partial charge in [0.25, 0.3) is 0 Å². The molecule has 2 aromatic heterocycles. The Kier molecular flexibility index (Phi) is 2.88. The van der Waals surface area contributed by atoms with Crippen molar-refractivity contribution < 1.29 is 0 Å². The van der Waals surface area contributed by atoms with Crippen LogP contribution in [0.3, 0.4) is 0 Å². The van der Waals surface area contributed by atoms with Gasteiger partial charge in [0, 0.05) is 10.9 Å². The number of rotatable bonds is 2. The molecule has 19 heavy (non-hydrogen) atoms. The third-order valence-electron chi connectivity index (χ3n) is 3.93. The number of nitrogens with zero attached hydrogens (tertiary/aromatic N) is 2. The van der Waals surface area contributed by atoms with Gasteiger partial charge in [0.1, 0.15) is 9.98 Å². The number of aryl methyl sites for hydroxylation is 2. The Morgan fingerprint density at radius 1 is 1.11 bits per heavy atom. The normalized spacial score (nSPS) is 19.2. The van der Waals surface area contributed by atoms with Crippen molar-refractivity contribution in [3.63, 3.8) is 0 Å². The Bertz CT molecular complexity index is 633. The van der Waals surface area contributed by atoms with Crippen LogP contribution in [0.1, 0.15) is 42.5 Å². The minimum absolute atomic E-state index is 0.561. The molecular formula is C14H16ClN3S. The lowest BCUT2D eigenvalue weighted by atomic mass is 10.1. The van der Waals surface area contributed by atoms with Gasteiger partial charge in [-0.2, -0.15) is 0 Å². The van der Waals surface area contributed by atoms with Gasteiger partial charge in [-0.3, -0.25) is 0 Å². The summed E-state index contributed by atoms with van der Waals surface area (Å²) in [6, 6.07) is 0.561. The molecule has 2 aliphatic rings. The number of halogens is 1. The van der Waals surface area contributed by atoms with Crippen LogP contribution >= 0.6 is 22.9 Å². The highest BCUT2D eigenvalue weighted by Crippen LogP contribution is 2.38. The number of nitrogens with one attached hydrogen (secondary N) is 1. The summed E-state index contributed by atoms with van der Waals surface area (Å²) in [4.78, 5) is 11.6. The molecule has 0 aromatic carbocycles. The minimum atomic E-state index is 0.561. The van der Waals surface area contributed by atoms with Crippen LogP contribution in [0.15, 0.2) is 0 Å². The molecule has 100 valence electrons. The predicted molar refractivity (Wildman–Crippen MR) is 80.3 cm³/mol. The number of thiophene rings is 1. The molecule has 2 aromatic rings. The fourth-order valence-corrected chi connectivity index (χ4v) is 4.37. The molecule has 2 aliphatic carbocycles. The summed E-state index contributed by atoms with van der Waals surface area (Å²) >= 11 is 8.23. The molecule has 2 heterocycles. The molecule has 1 N–H and O–H groups in total. The summed E-state index contributed by atoms with van der Waals surface area (Å²) < 4.78 is 0. The molecule has 0 bridgehead atoms. The van der Waals surface area contributed by atoms with E-state index in [9.17, 15) is 0 Å². The van der Waals surface area contributed by atoms with Crippen LogP contribution in [0.4, 0.5) is 5.95 Å². The van der Waals surface area contributed by atoms with Crippen LogP contribution in [0.5, 0.6) is 0 Å². The van der Waals surface area contributed by atoms with Crippen molar-refractivity contribution in [1.82, 2.24) is 9.97 Å². The second-order valence-electron chi connectivity index (χ2n) is 5.50. The van der Waals surface area contributed by atoms with Gasteiger partial charge in [-0.05, 0) is 44.1 Å². The van der Waals surface area contributed by atoms with Crippen molar-refractivity contribution in [1.29, 1.82) is 0 Å². The highest BCUT2D eigenvalue weighted by molar-refractivity contribution is 7.19. The van der Waals surface area contributed by atoms with Crippen LogP contribution in [-0.4, -0.2) is 16.0 Å². The molecule has 0 spiro atoms. The van der Waals surface area contributed by atoms with Gasteiger partial charge < -0.3 is 5.32 Å². The molecule has 0 amide bonds. The van der Waals surface area contributed by atoms with E-state index in [-0.39, 0.29) is 0 Å². The lowest BCUT2D eigenvalue weighted by molar-refractivity contribution is 0.713. The van der Waals surface area contributed by atoms with E-state index >= 15 is 0 Å². The van der Waals surface area contributed by atoms with E-state index in [0.29, 0.717) is 17.1 Å². The predicted octanol–water partition coefficient (Wildman–Crippen LogP) is 4.19. The van der Waals surface area contributed by atoms with Crippen LogP contribution in [0.2, 0.25) is 5.15 Å². The summed E-state index contributed by atoms with van der Waals surface area (Å²) in [6.45, 7) is 0. The molecule has 0 aliphatic heterocycles. The summed E-state index contributed by atoms with van der Waals surface area (Å²) in [7, 11) is 0. The van der Waals surface area contributed by atoms with Crippen molar-refractivity contribution in [2.75, 3.05) is 5.32 Å². The standard InChI is InChI=1S/C14H16ClN3S/c15-12-11-9-4-2-1-3-5-10(9)19-13(11)18-14(17-12)16-8-6-7-8/h8H,1-7H2,(H,16,17,18). The van der Waals surface area contributed by atoms with Crippen molar-refractivity contribution in [3.8, 4) is 0 Å². The highest BCUT2D eigenvalue weighted by Gasteiger charge is 2.24. The first-order chi connectivity index (χ1) is 9.31. The average molecular weight is 294 g/mol. The highest BCUT2D eigenvalue weighted by atomic mass is 35.5. The summed E-state index contributed by atoms with van der Waals surface area (Å²) in [6.07, 6.45) is 8.63. The second kappa shape index (κ2) is 4.60. The van der Waals surface area contributed by atoms with Crippen LogP contribution in [0, 0.1) is 0 Å². The first-order valence-electron chi connectivity index (χ1n) is 7.05. The van der Waals surface area contributed by atoms with Crippen molar-refractivity contribution >= 4 is 39.1 Å². The Balaban J connectivity index is 1.82. The topological polar surface area (TPSA) is 37.8 Å². The van der Waals surface area contributed by atoms with E-state index in [2.05, 4.69) is 15.3 Å². The van der Waals surface area contributed by atoms with E-state index < -0.39 is 0 Å². The molecule has 4 rings (SSSR count). The van der Waals surface area contributed by atoms with Crippen molar-refractivity contribution in [2.45, 2.75) is 51.0 Å². The number of anilines is 1. The molecule has 0 atom stereocenters. The van der Waals surface area contributed by atoms with E-state index in [0.717, 1.165) is 16.6 Å². The van der Waals surface area contributed by atoms with E-state index in [1.165, 1.54) is 49.0 Å². The van der Waals surface area contributed by atoms with Crippen molar-refractivity contribution in [3.05, 3.63) is 15.6 Å². The van der Waals surface area contributed by atoms with Gasteiger partial charge in [-0.15, -0.1) is 11.3 Å². The van der Waals surface area contributed by atoms with Gasteiger partial charge in [0.2, 0.25) is 5.95 Å². The van der Waals surface area contributed by atoms with E-state index in [1.54, 1.807) is 0 Å². The van der Waals surface area contributed by atoms with Crippen LogP contribution in [0.25, 0.3) is 10.2 Å². The molecular weight excluding hydrogens is 278 g/mol. The fraction of sp³-hybridized carbons (Fsp3) is 0.571. The minimum Gasteiger partial charge on any atom is -0.351 e. The summed E-state index contributed by atoms with van der Waals surface area (Å²) in [5, 5.41) is 5.09. The average Bonchev–Trinajstić information content (AvgIpc) is 3.14.